The molecule has 8 heteroatoms. The first-order chi connectivity index (χ1) is 13.0. The third-order valence-electron chi connectivity index (χ3n) is 3.83. The zero-order chi connectivity index (χ0) is 19.0. The third-order valence-corrected chi connectivity index (χ3v) is 5.41. The van der Waals surface area contributed by atoms with Crippen molar-refractivity contribution in [2.75, 3.05) is 5.32 Å². The Labute approximate surface area is 165 Å². The molecule has 134 valence electrons. The minimum atomic E-state index is -0.582. The molecular formula is C19H10BrF2N3OS. The second kappa shape index (κ2) is 7.13. The molecule has 0 saturated heterocycles. The lowest BCUT2D eigenvalue weighted by molar-refractivity contribution is 0.102. The van der Waals surface area contributed by atoms with Crippen LogP contribution in [-0.4, -0.2) is 15.9 Å². The van der Waals surface area contributed by atoms with Crippen molar-refractivity contribution < 1.29 is 13.6 Å². The Kier molecular flexibility index (Phi) is 4.67. The number of pyridine rings is 1. The molecule has 2 aromatic heterocycles. The highest BCUT2D eigenvalue weighted by atomic mass is 79.9. The van der Waals surface area contributed by atoms with E-state index < -0.39 is 11.6 Å². The average Bonchev–Trinajstić information content (AvgIpc) is 3.10. The molecule has 0 aliphatic rings. The standard InChI is InChI=1S/C19H10BrF2N3OS/c20-12-9-11(15-13(21)7-4-8-23-15)17-16(14(12)22)24-19(27-17)25-18(26)10-5-2-1-3-6-10/h1-9H,(H,24,25,26). The topological polar surface area (TPSA) is 54.9 Å². The summed E-state index contributed by atoms with van der Waals surface area (Å²) in [4.78, 5) is 20.6. The molecule has 0 saturated carbocycles. The zero-order valence-corrected chi connectivity index (χ0v) is 15.9. The van der Waals surface area contributed by atoms with E-state index in [0.717, 1.165) is 11.3 Å². The van der Waals surface area contributed by atoms with E-state index in [0.29, 0.717) is 15.8 Å². The lowest BCUT2D eigenvalue weighted by Gasteiger charge is -2.05. The summed E-state index contributed by atoms with van der Waals surface area (Å²) in [5.74, 6) is -1.47. The van der Waals surface area contributed by atoms with Gasteiger partial charge in [0.15, 0.2) is 10.9 Å². The molecule has 4 aromatic rings. The summed E-state index contributed by atoms with van der Waals surface area (Å²) >= 11 is 4.20. The highest BCUT2D eigenvalue weighted by Gasteiger charge is 2.20. The maximum atomic E-state index is 14.5. The van der Waals surface area contributed by atoms with Crippen LogP contribution in [0.4, 0.5) is 13.9 Å². The van der Waals surface area contributed by atoms with Crippen molar-refractivity contribution in [1.82, 2.24) is 9.97 Å². The van der Waals surface area contributed by atoms with E-state index in [1.807, 2.05) is 0 Å². The number of nitrogens with one attached hydrogen (secondary N) is 1. The van der Waals surface area contributed by atoms with E-state index in [2.05, 4.69) is 31.2 Å². The number of rotatable bonds is 3. The molecule has 1 amide bonds. The second-order valence-corrected chi connectivity index (χ2v) is 7.42. The van der Waals surface area contributed by atoms with Crippen molar-refractivity contribution in [1.29, 1.82) is 0 Å². The number of aromatic nitrogens is 2. The first-order valence-electron chi connectivity index (χ1n) is 7.80. The first kappa shape index (κ1) is 17.7. The summed E-state index contributed by atoms with van der Waals surface area (Å²) in [7, 11) is 0. The summed E-state index contributed by atoms with van der Waals surface area (Å²) in [6.07, 6.45) is 1.46. The number of anilines is 1. The van der Waals surface area contributed by atoms with Gasteiger partial charge >= 0.3 is 0 Å². The Hall–Kier alpha value is -2.71. The van der Waals surface area contributed by atoms with Crippen LogP contribution in [0.3, 0.4) is 0 Å². The van der Waals surface area contributed by atoms with Gasteiger partial charge in [-0.25, -0.2) is 13.8 Å². The Morgan fingerprint density at radius 3 is 2.63 bits per heavy atom. The number of nitrogens with zero attached hydrogens (tertiary/aromatic N) is 2. The van der Waals surface area contributed by atoms with Gasteiger partial charge in [-0.2, -0.15) is 0 Å². The minimum Gasteiger partial charge on any atom is -0.298 e. The molecule has 0 atom stereocenters. The fraction of sp³-hybridized carbons (Fsp3) is 0. The largest absolute Gasteiger partial charge is 0.298 e. The number of halogens is 3. The van der Waals surface area contributed by atoms with Crippen molar-refractivity contribution in [3.63, 3.8) is 0 Å². The van der Waals surface area contributed by atoms with E-state index in [1.54, 1.807) is 30.3 Å². The van der Waals surface area contributed by atoms with Gasteiger partial charge in [-0.1, -0.05) is 29.5 Å². The quantitative estimate of drug-likeness (QED) is 0.443. The molecular weight excluding hydrogens is 436 g/mol. The predicted molar refractivity (Wildman–Crippen MR) is 105 cm³/mol. The van der Waals surface area contributed by atoms with Gasteiger partial charge in [0, 0.05) is 17.3 Å². The maximum absolute atomic E-state index is 14.5. The smallest absolute Gasteiger partial charge is 0.257 e. The summed E-state index contributed by atoms with van der Waals surface area (Å²) in [5.41, 5.74) is 0.981. The molecule has 0 unspecified atom stereocenters. The minimum absolute atomic E-state index is 0.0396. The highest BCUT2D eigenvalue weighted by Crippen LogP contribution is 2.39. The Balaban J connectivity index is 1.82. The summed E-state index contributed by atoms with van der Waals surface area (Å²) < 4.78 is 29.3. The Morgan fingerprint density at radius 1 is 1.11 bits per heavy atom. The molecule has 4 nitrogen and oxygen atoms in total. The second-order valence-electron chi connectivity index (χ2n) is 5.57. The van der Waals surface area contributed by atoms with Gasteiger partial charge in [-0.05, 0) is 46.3 Å². The van der Waals surface area contributed by atoms with Crippen molar-refractivity contribution >= 4 is 48.5 Å². The molecule has 27 heavy (non-hydrogen) atoms. The van der Waals surface area contributed by atoms with Gasteiger partial charge in [-0.3, -0.25) is 15.1 Å². The number of benzene rings is 2. The van der Waals surface area contributed by atoms with E-state index in [-0.39, 0.29) is 26.7 Å². The number of fused-ring (bicyclic) bond motifs is 1. The van der Waals surface area contributed by atoms with Crippen molar-refractivity contribution in [3.8, 4) is 11.3 Å². The molecule has 4 rings (SSSR count). The van der Waals surface area contributed by atoms with Crippen LogP contribution in [0.1, 0.15) is 10.4 Å². The monoisotopic (exact) mass is 445 g/mol. The molecule has 0 bridgehead atoms. The number of hydrogen-bond donors (Lipinski definition) is 1. The number of amides is 1. The number of carbonyl (C=O) groups is 1. The maximum Gasteiger partial charge on any atom is 0.257 e. The first-order valence-corrected chi connectivity index (χ1v) is 9.41. The van der Waals surface area contributed by atoms with Crippen molar-refractivity contribution in [2.45, 2.75) is 0 Å². The molecule has 0 fully saturated rings. The van der Waals surface area contributed by atoms with E-state index in [9.17, 15) is 13.6 Å². The van der Waals surface area contributed by atoms with Crippen LogP contribution in [0, 0.1) is 11.6 Å². The Bertz CT molecular complexity index is 1160. The molecule has 0 aliphatic heterocycles. The van der Waals surface area contributed by atoms with Crippen LogP contribution < -0.4 is 5.32 Å². The predicted octanol–water partition coefficient (Wildman–Crippen LogP) is 5.65. The third kappa shape index (κ3) is 3.33. The van der Waals surface area contributed by atoms with Gasteiger partial charge in [0.25, 0.3) is 5.91 Å². The molecule has 0 spiro atoms. The zero-order valence-electron chi connectivity index (χ0n) is 13.5. The summed E-state index contributed by atoms with van der Waals surface area (Å²) in [6, 6.07) is 12.8. The van der Waals surface area contributed by atoms with Crippen LogP contribution in [0.15, 0.2) is 59.2 Å². The Morgan fingerprint density at radius 2 is 1.89 bits per heavy atom. The van der Waals surface area contributed by atoms with Crippen LogP contribution in [0.5, 0.6) is 0 Å². The lowest BCUT2D eigenvalue weighted by atomic mass is 10.1. The van der Waals surface area contributed by atoms with Gasteiger partial charge in [0.05, 0.1) is 9.17 Å². The van der Waals surface area contributed by atoms with Crippen molar-refractivity contribution in [3.05, 3.63) is 76.4 Å². The van der Waals surface area contributed by atoms with Crippen LogP contribution in [0.25, 0.3) is 21.5 Å². The molecule has 2 aromatic carbocycles. The van der Waals surface area contributed by atoms with Crippen molar-refractivity contribution in [2.24, 2.45) is 0 Å². The highest BCUT2D eigenvalue weighted by molar-refractivity contribution is 9.10. The van der Waals surface area contributed by atoms with Gasteiger partial charge in [0.2, 0.25) is 0 Å². The fourth-order valence-electron chi connectivity index (χ4n) is 2.59. The molecule has 0 aliphatic carbocycles. The average molecular weight is 446 g/mol. The van der Waals surface area contributed by atoms with Crippen LogP contribution in [0.2, 0.25) is 0 Å². The van der Waals surface area contributed by atoms with E-state index in [4.69, 9.17) is 0 Å². The molecule has 2 heterocycles. The summed E-state index contributed by atoms with van der Waals surface area (Å²) in [6.45, 7) is 0. The van der Waals surface area contributed by atoms with E-state index >= 15 is 0 Å². The van der Waals surface area contributed by atoms with Crippen LogP contribution >= 0.6 is 27.3 Å². The summed E-state index contributed by atoms with van der Waals surface area (Å²) in [5, 5.41) is 2.88. The van der Waals surface area contributed by atoms with Gasteiger partial charge in [0.1, 0.15) is 17.0 Å². The number of hydrogen-bond acceptors (Lipinski definition) is 4. The number of carbonyl (C=O) groups excluding carboxylic acids is 1. The molecule has 0 radical (unpaired) electrons. The molecule has 1 N–H and O–H groups in total. The number of thiazole rings is 1. The fourth-order valence-corrected chi connectivity index (χ4v) is 3.98. The van der Waals surface area contributed by atoms with E-state index in [1.165, 1.54) is 24.4 Å². The van der Waals surface area contributed by atoms with Gasteiger partial charge in [-0.15, -0.1) is 0 Å². The SMILES string of the molecule is O=C(Nc1nc2c(F)c(Br)cc(-c3ncccc3F)c2s1)c1ccccc1. The van der Waals surface area contributed by atoms with Gasteiger partial charge < -0.3 is 0 Å². The normalized spacial score (nSPS) is 10.9. The van der Waals surface area contributed by atoms with Crippen LogP contribution in [-0.2, 0) is 0 Å². The lowest BCUT2D eigenvalue weighted by Crippen LogP contribution is -2.11.